The van der Waals surface area contributed by atoms with Gasteiger partial charge in [0.15, 0.2) is 0 Å². The normalized spacial score (nSPS) is 29.5. The second-order valence-electron chi connectivity index (χ2n) is 3.90. The first-order valence-electron chi connectivity index (χ1n) is 4.58. The van der Waals surface area contributed by atoms with Gasteiger partial charge in [-0.2, -0.15) is 0 Å². The van der Waals surface area contributed by atoms with Crippen LogP contribution in [0.5, 0.6) is 0 Å². The van der Waals surface area contributed by atoms with Crippen LogP contribution in [0.25, 0.3) is 0 Å². The zero-order chi connectivity index (χ0) is 9.00. The standard InChI is InChI=1S/C11H9IO/c12-9-3-1-2-7-8-4-6(11(7)9)5-10(8)13/h1-3,6,8H,4-5H2/t6-,8+/m0/s1. The minimum absolute atomic E-state index is 0.245. The van der Waals surface area contributed by atoms with Crippen molar-refractivity contribution in [3.8, 4) is 0 Å². The Hall–Kier alpha value is -0.380. The van der Waals surface area contributed by atoms with Crippen LogP contribution in [0.1, 0.15) is 35.8 Å². The molecule has 1 saturated carbocycles. The fourth-order valence-corrected chi connectivity index (χ4v) is 3.65. The molecule has 0 heterocycles. The van der Waals surface area contributed by atoms with E-state index in [1.165, 1.54) is 14.7 Å². The zero-order valence-electron chi connectivity index (χ0n) is 7.09. The number of carbonyl (C=O) groups excluding carboxylic acids is 1. The minimum atomic E-state index is 0.245. The quantitative estimate of drug-likeness (QED) is 0.669. The topological polar surface area (TPSA) is 17.1 Å². The first kappa shape index (κ1) is 7.97. The third-order valence-electron chi connectivity index (χ3n) is 3.23. The predicted octanol–water partition coefficient (Wildman–Crippen LogP) is 2.83. The molecule has 0 amide bonds. The molecule has 0 saturated heterocycles. The molecule has 0 N–H and O–H groups in total. The van der Waals surface area contributed by atoms with Crippen LogP contribution in [0, 0.1) is 3.57 Å². The lowest BCUT2D eigenvalue weighted by Gasteiger charge is -2.15. The lowest BCUT2D eigenvalue weighted by molar-refractivity contribution is -0.118. The molecule has 2 aliphatic rings. The average molecular weight is 284 g/mol. The Morgan fingerprint density at radius 2 is 2.23 bits per heavy atom. The van der Waals surface area contributed by atoms with Crippen LogP contribution in [-0.4, -0.2) is 5.78 Å². The zero-order valence-corrected chi connectivity index (χ0v) is 9.24. The van der Waals surface area contributed by atoms with Gasteiger partial charge in [0, 0.05) is 15.9 Å². The summed E-state index contributed by atoms with van der Waals surface area (Å²) in [5, 5.41) is 0. The van der Waals surface area contributed by atoms with Gasteiger partial charge in [0.1, 0.15) is 5.78 Å². The van der Waals surface area contributed by atoms with Crippen LogP contribution in [0.4, 0.5) is 0 Å². The van der Waals surface area contributed by atoms with Crippen molar-refractivity contribution in [2.45, 2.75) is 24.7 Å². The summed E-state index contributed by atoms with van der Waals surface area (Å²) >= 11 is 2.38. The molecule has 1 nitrogen and oxygen atoms in total. The number of hydrogen-bond acceptors (Lipinski definition) is 1. The van der Waals surface area contributed by atoms with Gasteiger partial charge in [0.05, 0.1) is 0 Å². The van der Waals surface area contributed by atoms with Gasteiger partial charge >= 0.3 is 0 Å². The van der Waals surface area contributed by atoms with E-state index in [1.807, 2.05) is 0 Å². The Balaban J connectivity index is 2.26. The highest BCUT2D eigenvalue weighted by molar-refractivity contribution is 14.1. The Morgan fingerprint density at radius 1 is 1.38 bits per heavy atom. The average Bonchev–Trinajstić information content (AvgIpc) is 2.61. The maximum absolute atomic E-state index is 11.5. The second-order valence-corrected chi connectivity index (χ2v) is 5.06. The van der Waals surface area contributed by atoms with E-state index in [2.05, 4.69) is 40.8 Å². The Bertz CT molecular complexity index is 397. The number of fused-ring (bicyclic) bond motifs is 5. The molecule has 13 heavy (non-hydrogen) atoms. The van der Waals surface area contributed by atoms with Crippen molar-refractivity contribution >= 4 is 28.4 Å². The number of Topliss-reactive ketones (excluding diaryl/α,β-unsaturated/α-hetero) is 1. The van der Waals surface area contributed by atoms with Crippen molar-refractivity contribution in [3.63, 3.8) is 0 Å². The molecule has 2 heteroatoms. The highest BCUT2D eigenvalue weighted by Crippen LogP contribution is 2.52. The van der Waals surface area contributed by atoms with Crippen molar-refractivity contribution in [3.05, 3.63) is 32.9 Å². The van der Waals surface area contributed by atoms with Crippen molar-refractivity contribution in [2.24, 2.45) is 0 Å². The highest BCUT2D eigenvalue weighted by atomic mass is 127. The van der Waals surface area contributed by atoms with E-state index in [4.69, 9.17) is 0 Å². The van der Waals surface area contributed by atoms with Gasteiger partial charge < -0.3 is 0 Å². The molecule has 2 aliphatic carbocycles. The van der Waals surface area contributed by atoms with E-state index in [0.29, 0.717) is 11.7 Å². The van der Waals surface area contributed by atoms with Gasteiger partial charge in [-0.3, -0.25) is 4.79 Å². The van der Waals surface area contributed by atoms with Crippen molar-refractivity contribution in [1.29, 1.82) is 0 Å². The Labute approximate surface area is 90.7 Å². The van der Waals surface area contributed by atoms with E-state index in [0.717, 1.165) is 12.8 Å². The van der Waals surface area contributed by atoms with Gasteiger partial charge in [0.25, 0.3) is 0 Å². The Morgan fingerprint density at radius 3 is 3.08 bits per heavy atom. The summed E-state index contributed by atoms with van der Waals surface area (Å²) in [6, 6.07) is 6.33. The number of ketones is 1. The summed E-state index contributed by atoms with van der Waals surface area (Å²) in [4.78, 5) is 11.5. The van der Waals surface area contributed by atoms with Gasteiger partial charge in [-0.15, -0.1) is 0 Å². The molecular formula is C11H9IO. The molecule has 0 aliphatic heterocycles. The van der Waals surface area contributed by atoms with Gasteiger partial charge in [-0.25, -0.2) is 0 Å². The number of carbonyl (C=O) groups is 1. The van der Waals surface area contributed by atoms with E-state index in [-0.39, 0.29) is 5.92 Å². The summed E-state index contributed by atoms with van der Waals surface area (Å²) < 4.78 is 1.34. The molecule has 2 bridgehead atoms. The van der Waals surface area contributed by atoms with Gasteiger partial charge in [-0.1, -0.05) is 12.1 Å². The van der Waals surface area contributed by atoms with E-state index in [9.17, 15) is 4.79 Å². The fourth-order valence-electron chi connectivity index (χ4n) is 2.69. The predicted molar refractivity (Wildman–Crippen MR) is 58.9 cm³/mol. The number of benzene rings is 1. The van der Waals surface area contributed by atoms with Crippen molar-refractivity contribution in [2.75, 3.05) is 0 Å². The summed E-state index contributed by atoms with van der Waals surface area (Å²) in [7, 11) is 0. The lowest BCUT2D eigenvalue weighted by atomic mass is 9.91. The molecule has 1 fully saturated rings. The third-order valence-corrected chi connectivity index (χ3v) is 4.17. The first-order chi connectivity index (χ1) is 6.27. The molecule has 1 aromatic rings. The molecule has 1 aromatic carbocycles. The molecule has 0 spiro atoms. The van der Waals surface area contributed by atoms with Crippen LogP contribution < -0.4 is 0 Å². The van der Waals surface area contributed by atoms with E-state index in [1.54, 1.807) is 0 Å². The van der Waals surface area contributed by atoms with Crippen molar-refractivity contribution < 1.29 is 4.79 Å². The van der Waals surface area contributed by atoms with Gasteiger partial charge in [-0.05, 0) is 52.1 Å². The van der Waals surface area contributed by atoms with Crippen LogP contribution >= 0.6 is 22.6 Å². The summed E-state index contributed by atoms with van der Waals surface area (Å²) in [6.45, 7) is 0. The van der Waals surface area contributed by atoms with E-state index < -0.39 is 0 Å². The second kappa shape index (κ2) is 2.56. The molecule has 2 atom stereocenters. The number of hydrogen-bond donors (Lipinski definition) is 0. The van der Waals surface area contributed by atoms with Crippen LogP contribution in [0.2, 0.25) is 0 Å². The monoisotopic (exact) mass is 284 g/mol. The molecule has 3 rings (SSSR count). The Kier molecular flexibility index (Phi) is 1.57. The van der Waals surface area contributed by atoms with Crippen molar-refractivity contribution in [1.82, 2.24) is 0 Å². The lowest BCUT2D eigenvalue weighted by Crippen LogP contribution is -2.09. The summed E-state index contributed by atoms with van der Waals surface area (Å²) in [5.41, 5.74) is 2.78. The maximum Gasteiger partial charge on any atom is 0.140 e. The maximum atomic E-state index is 11.5. The SMILES string of the molecule is O=C1C[C@@H]2C[C@@H]1c1cccc(I)c12. The highest BCUT2D eigenvalue weighted by Gasteiger charge is 2.43. The van der Waals surface area contributed by atoms with Gasteiger partial charge in [0.2, 0.25) is 0 Å². The smallest absolute Gasteiger partial charge is 0.140 e. The number of halogens is 1. The molecular weight excluding hydrogens is 275 g/mol. The van der Waals surface area contributed by atoms with Crippen LogP contribution in [0.15, 0.2) is 18.2 Å². The summed E-state index contributed by atoms with van der Waals surface area (Å²) in [5.74, 6) is 1.25. The summed E-state index contributed by atoms with van der Waals surface area (Å²) in [6.07, 6.45) is 1.87. The molecule has 0 radical (unpaired) electrons. The first-order valence-corrected chi connectivity index (χ1v) is 5.66. The molecule has 0 aromatic heterocycles. The van der Waals surface area contributed by atoms with Crippen LogP contribution in [0.3, 0.4) is 0 Å². The molecule has 66 valence electrons. The third kappa shape index (κ3) is 0.951. The van der Waals surface area contributed by atoms with Crippen LogP contribution in [-0.2, 0) is 4.79 Å². The largest absolute Gasteiger partial charge is 0.299 e. The minimum Gasteiger partial charge on any atom is -0.299 e. The molecule has 0 unspecified atom stereocenters. The van der Waals surface area contributed by atoms with E-state index >= 15 is 0 Å². The fraction of sp³-hybridized carbons (Fsp3) is 0.364. The number of rotatable bonds is 0.